The average molecular weight is 362 g/mol. The molecule has 1 N–H and O–H groups in total. The fourth-order valence-electron chi connectivity index (χ4n) is 2.58. The Labute approximate surface area is 144 Å². The average Bonchev–Trinajstić information content (AvgIpc) is 2.82. The molecule has 0 saturated carbocycles. The van der Waals surface area contributed by atoms with Crippen LogP contribution in [0.15, 0.2) is 44.4 Å². The van der Waals surface area contributed by atoms with Gasteiger partial charge in [-0.25, -0.2) is 13.2 Å². The topological polar surface area (TPSA) is 90.5 Å². The number of aromatic nitrogens is 1. The van der Waals surface area contributed by atoms with E-state index in [0.29, 0.717) is 22.4 Å². The van der Waals surface area contributed by atoms with Crippen LogP contribution in [0.2, 0.25) is 0 Å². The van der Waals surface area contributed by atoms with E-state index in [1.165, 1.54) is 23.8 Å². The smallest absolute Gasteiger partial charge is 0.419 e. The first-order valence-electron chi connectivity index (χ1n) is 7.50. The minimum Gasteiger partial charge on any atom is -0.495 e. The maximum atomic E-state index is 12.8. The van der Waals surface area contributed by atoms with Gasteiger partial charge >= 0.3 is 5.76 Å². The Kier molecular flexibility index (Phi) is 4.08. The standard InChI is InChI=1S/C17H18N2O5S/c1-10-5-6-14(23-4)16(7-10)25(21,22)18-12-9-15-13(8-11(12)2)19(3)17(20)24-15/h5-9,18H,1-4H3. The number of aryl methyl sites for hydroxylation is 3. The summed E-state index contributed by atoms with van der Waals surface area (Å²) in [4.78, 5) is 11.7. The van der Waals surface area contributed by atoms with E-state index >= 15 is 0 Å². The lowest BCUT2D eigenvalue weighted by atomic mass is 10.2. The Bertz CT molecular complexity index is 1130. The van der Waals surface area contributed by atoms with Gasteiger partial charge in [-0.15, -0.1) is 0 Å². The molecule has 1 heterocycles. The third-order valence-corrected chi connectivity index (χ3v) is 5.38. The molecule has 8 heteroatoms. The largest absolute Gasteiger partial charge is 0.495 e. The highest BCUT2D eigenvalue weighted by Crippen LogP contribution is 2.29. The minimum atomic E-state index is -3.87. The highest BCUT2D eigenvalue weighted by atomic mass is 32.2. The van der Waals surface area contributed by atoms with E-state index in [-0.39, 0.29) is 10.6 Å². The normalized spacial score (nSPS) is 11.7. The highest BCUT2D eigenvalue weighted by Gasteiger charge is 2.21. The second kappa shape index (κ2) is 5.96. The number of sulfonamides is 1. The van der Waals surface area contributed by atoms with Crippen molar-refractivity contribution in [3.8, 4) is 5.75 Å². The van der Waals surface area contributed by atoms with Crippen LogP contribution in [0.4, 0.5) is 5.69 Å². The molecule has 0 aliphatic rings. The van der Waals surface area contributed by atoms with Gasteiger partial charge in [0, 0.05) is 13.1 Å². The van der Waals surface area contributed by atoms with Crippen LogP contribution in [-0.4, -0.2) is 20.1 Å². The zero-order valence-corrected chi connectivity index (χ0v) is 15.1. The Morgan fingerprint density at radius 3 is 2.56 bits per heavy atom. The van der Waals surface area contributed by atoms with Gasteiger partial charge in [0.15, 0.2) is 5.58 Å². The lowest BCUT2D eigenvalue weighted by Crippen LogP contribution is -2.15. The summed E-state index contributed by atoms with van der Waals surface area (Å²) < 4.78 is 39.8. The van der Waals surface area contributed by atoms with Crippen molar-refractivity contribution < 1.29 is 17.6 Å². The molecule has 0 aliphatic carbocycles. The molecule has 25 heavy (non-hydrogen) atoms. The molecule has 0 saturated heterocycles. The van der Waals surface area contributed by atoms with Crippen LogP contribution in [-0.2, 0) is 17.1 Å². The van der Waals surface area contributed by atoms with Crippen LogP contribution in [0, 0.1) is 13.8 Å². The van der Waals surface area contributed by atoms with E-state index in [9.17, 15) is 13.2 Å². The predicted octanol–water partition coefficient (Wildman–Crippen LogP) is 2.56. The number of nitrogens with zero attached hydrogens (tertiary/aromatic N) is 1. The van der Waals surface area contributed by atoms with Crippen molar-refractivity contribution in [1.82, 2.24) is 4.57 Å². The molecule has 3 rings (SSSR count). The van der Waals surface area contributed by atoms with Crippen LogP contribution in [0.3, 0.4) is 0 Å². The number of rotatable bonds is 4. The molecule has 2 aromatic carbocycles. The van der Waals surface area contributed by atoms with Crippen LogP contribution in [0.25, 0.3) is 11.1 Å². The van der Waals surface area contributed by atoms with E-state index in [4.69, 9.17) is 9.15 Å². The second-order valence-electron chi connectivity index (χ2n) is 5.82. The molecule has 132 valence electrons. The summed E-state index contributed by atoms with van der Waals surface area (Å²) in [5, 5.41) is 0. The van der Waals surface area contributed by atoms with Crippen molar-refractivity contribution in [2.24, 2.45) is 7.05 Å². The molecule has 0 fully saturated rings. The summed E-state index contributed by atoms with van der Waals surface area (Å²) in [5.41, 5.74) is 2.71. The van der Waals surface area contributed by atoms with Crippen LogP contribution in [0.5, 0.6) is 5.75 Å². The van der Waals surface area contributed by atoms with Gasteiger partial charge in [0.2, 0.25) is 0 Å². The van der Waals surface area contributed by atoms with Gasteiger partial charge in [0.25, 0.3) is 10.0 Å². The molecule has 0 unspecified atom stereocenters. The highest BCUT2D eigenvalue weighted by molar-refractivity contribution is 7.92. The predicted molar refractivity (Wildman–Crippen MR) is 94.7 cm³/mol. The minimum absolute atomic E-state index is 0.0454. The van der Waals surface area contributed by atoms with Gasteiger partial charge in [-0.3, -0.25) is 9.29 Å². The van der Waals surface area contributed by atoms with E-state index in [0.717, 1.165) is 5.56 Å². The Hall–Kier alpha value is -2.74. The van der Waals surface area contributed by atoms with Crippen molar-refractivity contribution >= 4 is 26.8 Å². The molecule has 0 spiro atoms. The molecule has 0 atom stereocenters. The lowest BCUT2D eigenvalue weighted by molar-refractivity contribution is 0.402. The second-order valence-corrected chi connectivity index (χ2v) is 7.47. The quantitative estimate of drug-likeness (QED) is 0.770. The molecule has 0 aliphatic heterocycles. The van der Waals surface area contributed by atoms with Gasteiger partial charge in [0.1, 0.15) is 10.6 Å². The fraction of sp³-hybridized carbons (Fsp3) is 0.235. The van der Waals surface area contributed by atoms with Crippen LogP contribution >= 0.6 is 0 Å². The number of fused-ring (bicyclic) bond motifs is 1. The first-order chi connectivity index (χ1) is 11.7. The summed E-state index contributed by atoms with van der Waals surface area (Å²) in [5.74, 6) is -0.252. The summed E-state index contributed by atoms with van der Waals surface area (Å²) >= 11 is 0. The Morgan fingerprint density at radius 1 is 1.16 bits per heavy atom. The third-order valence-electron chi connectivity index (χ3n) is 3.99. The number of hydrogen-bond acceptors (Lipinski definition) is 5. The van der Waals surface area contributed by atoms with Crippen LogP contribution < -0.4 is 15.2 Å². The Morgan fingerprint density at radius 2 is 1.88 bits per heavy atom. The summed E-state index contributed by atoms with van der Waals surface area (Å²) in [6.45, 7) is 3.55. The van der Waals surface area contributed by atoms with Crippen molar-refractivity contribution in [2.45, 2.75) is 18.7 Å². The molecule has 0 radical (unpaired) electrons. The zero-order chi connectivity index (χ0) is 18.4. The molecular formula is C17H18N2O5S. The summed E-state index contributed by atoms with van der Waals surface area (Å²) in [6.07, 6.45) is 0. The van der Waals surface area contributed by atoms with E-state index in [2.05, 4.69) is 4.72 Å². The van der Waals surface area contributed by atoms with Gasteiger partial charge in [-0.2, -0.15) is 0 Å². The molecular weight excluding hydrogens is 344 g/mol. The summed E-state index contributed by atoms with van der Waals surface area (Å²) in [6, 6.07) is 8.12. The number of anilines is 1. The van der Waals surface area contributed by atoms with Gasteiger partial charge in [-0.05, 0) is 43.2 Å². The first-order valence-corrected chi connectivity index (χ1v) is 8.99. The first kappa shape index (κ1) is 17.1. The van der Waals surface area contributed by atoms with Crippen molar-refractivity contribution in [3.63, 3.8) is 0 Å². The number of methoxy groups -OCH3 is 1. The molecule has 3 aromatic rings. The molecule has 1 aromatic heterocycles. The SMILES string of the molecule is COc1ccc(C)cc1S(=O)(=O)Nc1cc2oc(=O)n(C)c2cc1C. The number of benzene rings is 2. The van der Waals surface area contributed by atoms with E-state index in [1.807, 2.05) is 0 Å². The van der Waals surface area contributed by atoms with Gasteiger partial charge < -0.3 is 9.15 Å². The zero-order valence-electron chi connectivity index (χ0n) is 14.3. The van der Waals surface area contributed by atoms with Crippen LogP contribution in [0.1, 0.15) is 11.1 Å². The maximum Gasteiger partial charge on any atom is 0.419 e. The molecule has 7 nitrogen and oxygen atoms in total. The molecule has 0 amide bonds. The number of hydrogen-bond donors (Lipinski definition) is 1. The van der Waals surface area contributed by atoms with E-state index in [1.54, 1.807) is 39.1 Å². The number of oxazole rings is 1. The van der Waals surface area contributed by atoms with Gasteiger partial charge in [0.05, 0.1) is 18.3 Å². The van der Waals surface area contributed by atoms with Gasteiger partial charge in [-0.1, -0.05) is 6.07 Å². The maximum absolute atomic E-state index is 12.8. The Balaban J connectivity index is 2.10. The van der Waals surface area contributed by atoms with Crippen molar-refractivity contribution in [2.75, 3.05) is 11.8 Å². The van der Waals surface area contributed by atoms with Crippen molar-refractivity contribution in [3.05, 3.63) is 52.0 Å². The van der Waals surface area contributed by atoms with E-state index < -0.39 is 15.8 Å². The monoisotopic (exact) mass is 362 g/mol. The lowest BCUT2D eigenvalue weighted by Gasteiger charge is -2.14. The third kappa shape index (κ3) is 3.00. The number of nitrogens with one attached hydrogen (secondary N) is 1. The fourth-order valence-corrected chi connectivity index (χ4v) is 3.96. The summed E-state index contributed by atoms with van der Waals surface area (Å²) in [7, 11) is -0.866. The number of ether oxygens (including phenoxy) is 1. The van der Waals surface area contributed by atoms with Crippen molar-refractivity contribution in [1.29, 1.82) is 0 Å². The molecule has 0 bridgehead atoms.